The lowest BCUT2D eigenvalue weighted by Gasteiger charge is -2.35. The highest BCUT2D eigenvalue weighted by molar-refractivity contribution is 7.92. The van der Waals surface area contributed by atoms with Crippen molar-refractivity contribution in [3.63, 3.8) is 0 Å². The first kappa shape index (κ1) is 19.9. The second kappa shape index (κ2) is 8.05. The Labute approximate surface area is 164 Å². The molecule has 1 aliphatic rings. The highest BCUT2D eigenvalue weighted by atomic mass is 32.2. The highest BCUT2D eigenvalue weighted by Gasteiger charge is 2.29. The van der Waals surface area contributed by atoms with Crippen LogP contribution in [-0.2, 0) is 14.8 Å². The molecule has 0 radical (unpaired) electrons. The minimum atomic E-state index is -3.62. The van der Waals surface area contributed by atoms with Crippen molar-refractivity contribution in [1.29, 1.82) is 0 Å². The van der Waals surface area contributed by atoms with E-state index < -0.39 is 10.0 Å². The summed E-state index contributed by atoms with van der Waals surface area (Å²) < 4.78 is 30.8. The zero-order valence-electron chi connectivity index (χ0n) is 15.9. The van der Waals surface area contributed by atoms with Crippen molar-refractivity contribution in [2.24, 2.45) is 0 Å². The van der Waals surface area contributed by atoms with Gasteiger partial charge in [-0.2, -0.15) is 0 Å². The summed E-state index contributed by atoms with van der Waals surface area (Å²) in [7, 11) is -3.62. The van der Waals surface area contributed by atoms with Gasteiger partial charge in [0.25, 0.3) is 5.91 Å². The van der Waals surface area contributed by atoms with E-state index in [2.05, 4.69) is 0 Å². The number of furan rings is 1. The zero-order valence-corrected chi connectivity index (χ0v) is 16.7. The van der Waals surface area contributed by atoms with E-state index in [4.69, 9.17) is 4.42 Å². The summed E-state index contributed by atoms with van der Waals surface area (Å²) in [6.07, 6.45) is 2.53. The van der Waals surface area contributed by atoms with Crippen molar-refractivity contribution in [2.75, 3.05) is 43.3 Å². The van der Waals surface area contributed by atoms with Crippen molar-refractivity contribution < 1.29 is 22.4 Å². The summed E-state index contributed by atoms with van der Waals surface area (Å²) >= 11 is 0. The van der Waals surface area contributed by atoms with E-state index in [1.54, 1.807) is 47.1 Å². The number of nitrogens with zero attached hydrogens (tertiary/aromatic N) is 3. The lowest BCUT2D eigenvalue weighted by atomic mass is 10.2. The fourth-order valence-electron chi connectivity index (χ4n) is 3.16. The topological polar surface area (TPSA) is 91.1 Å². The molecule has 1 aliphatic heterocycles. The van der Waals surface area contributed by atoms with E-state index in [0.29, 0.717) is 31.9 Å². The average molecular weight is 405 g/mol. The number of sulfonamides is 1. The molecule has 2 aromatic rings. The van der Waals surface area contributed by atoms with Gasteiger partial charge in [0, 0.05) is 26.2 Å². The number of piperazine rings is 1. The van der Waals surface area contributed by atoms with Crippen LogP contribution >= 0.6 is 0 Å². The third-order valence-corrected chi connectivity index (χ3v) is 5.84. The normalized spacial score (nSPS) is 14.8. The van der Waals surface area contributed by atoms with E-state index in [1.165, 1.54) is 6.26 Å². The number of benzene rings is 1. The Morgan fingerprint density at radius 1 is 1.04 bits per heavy atom. The van der Waals surface area contributed by atoms with Crippen LogP contribution in [0.2, 0.25) is 0 Å². The molecule has 2 heterocycles. The van der Waals surface area contributed by atoms with Crippen LogP contribution in [0.15, 0.2) is 47.1 Å². The first-order valence-corrected chi connectivity index (χ1v) is 10.8. The minimum Gasteiger partial charge on any atom is -0.459 e. The van der Waals surface area contributed by atoms with Crippen LogP contribution in [0.4, 0.5) is 5.69 Å². The third kappa shape index (κ3) is 4.36. The molecular weight excluding hydrogens is 382 g/mol. The third-order valence-electron chi connectivity index (χ3n) is 4.71. The zero-order chi connectivity index (χ0) is 20.3. The van der Waals surface area contributed by atoms with Crippen LogP contribution < -0.4 is 4.31 Å². The van der Waals surface area contributed by atoms with Crippen molar-refractivity contribution >= 4 is 27.5 Å². The number of rotatable bonds is 5. The van der Waals surface area contributed by atoms with Gasteiger partial charge < -0.3 is 14.2 Å². The molecule has 0 spiro atoms. The van der Waals surface area contributed by atoms with Crippen LogP contribution in [0.3, 0.4) is 0 Å². The Morgan fingerprint density at radius 2 is 1.68 bits per heavy atom. The van der Waals surface area contributed by atoms with Gasteiger partial charge in [-0.15, -0.1) is 0 Å². The molecule has 0 N–H and O–H groups in total. The molecule has 0 atom stereocenters. The number of hydrogen-bond acceptors (Lipinski definition) is 5. The maximum absolute atomic E-state index is 12.7. The first-order valence-electron chi connectivity index (χ1n) is 8.91. The van der Waals surface area contributed by atoms with Crippen molar-refractivity contribution in [3.05, 3.63) is 54.0 Å². The SMILES string of the molecule is Cc1ccccc1N(CC(=O)N1CCN(C(=O)c2ccco2)CC1)S(C)(=O)=O. The molecule has 8 nitrogen and oxygen atoms in total. The monoisotopic (exact) mass is 405 g/mol. The van der Waals surface area contributed by atoms with Crippen molar-refractivity contribution in [2.45, 2.75) is 6.92 Å². The fraction of sp³-hybridized carbons (Fsp3) is 0.368. The van der Waals surface area contributed by atoms with Gasteiger partial charge in [0.05, 0.1) is 18.2 Å². The molecule has 1 aromatic carbocycles. The lowest BCUT2D eigenvalue weighted by molar-refractivity contribution is -0.131. The lowest BCUT2D eigenvalue weighted by Crippen LogP contribution is -2.53. The van der Waals surface area contributed by atoms with E-state index in [0.717, 1.165) is 16.1 Å². The smallest absolute Gasteiger partial charge is 0.289 e. The maximum Gasteiger partial charge on any atom is 0.289 e. The molecule has 3 rings (SSSR count). The molecule has 0 aliphatic carbocycles. The molecule has 0 saturated carbocycles. The number of amides is 2. The molecule has 0 bridgehead atoms. The fourth-order valence-corrected chi connectivity index (χ4v) is 4.07. The molecule has 1 saturated heterocycles. The second-order valence-corrected chi connectivity index (χ2v) is 8.61. The number of carbonyl (C=O) groups is 2. The molecule has 150 valence electrons. The van der Waals surface area contributed by atoms with Gasteiger partial charge in [0.2, 0.25) is 15.9 Å². The van der Waals surface area contributed by atoms with Crippen LogP contribution in [0, 0.1) is 6.92 Å². The van der Waals surface area contributed by atoms with Crippen molar-refractivity contribution in [3.8, 4) is 0 Å². The van der Waals surface area contributed by atoms with Gasteiger partial charge in [0.15, 0.2) is 5.76 Å². The summed E-state index contributed by atoms with van der Waals surface area (Å²) in [6.45, 7) is 2.96. The standard InChI is InChI=1S/C19H23N3O5S/c1-15-6-3-4-7-16(15)22(28(2,25)26)14-18(23)20-9-11-21(12-10-20)19(24)17-8-5-13-27-17/h3-8,13H,9-12,14H2,1-2H3. The number of anilines is 1. The Balaban J connectivity index is 1.66. The molecule has 28 heavy (non-hydrogen) atoms. The average Bonchev–Trinajstić information content (AvgIpc) is 3.20. The highest BCUT2D eigenvalue weighted by Crippen LogP contribution is 2.22. The first-order chi connectivity index (χ1) is 13.3. The Hall–Kier alpha value is -2.81. The van der Waals surface area contributed by atoms with Gasteiger partial charge in [-0.3, -0.25) is 13.9 Å². The molecule has 1 aromatic heterocycles. The summed E-state index contributed by atoms with van der Waals surface area (Å²) in [5.41, 5.74) is 1.26. The van der Waals surface area contributed by atoms with Gasteiger partial charge in [0.1, 0.15) is 6.54 Å². The summed E-state index contributed by atoms with van der Waals surface area (Å²) in [4.78, 5) is 28.3. The predicted molar refractivity (Wildman–Crippen MR) is 105 cm³/mol. The van der Waals surface area contributed by atoms with Gasteiger partial charge in [-0.1, -0.05) is 18.2 Å². The maximum atomic E-state index is 12.7. The van der Waals surface area contributed by atoms with Gasteiger partial charge in [-0.25, -0.2) is 8.42 Å². The number of hydrogen-bond donors (Lipinski definition) is 0. The van der Waals surface area contributed by atoms with E-state index in [9.17, 15) is 18.0 Å². The number of aryl methyl sites for hydroxylation is 1. The molecule has 2 amide bonds. The quantitative estimate of drug-likeness (QED) is 0.749. The van der Waals surface area contributed by atoms with Crippen LogP contribution in [0.5, 0.6) is 0 Å². The van der Waals surface area contributed by atoms with Gasteiger partial charge in [-0.05, 0) is 30.7 Å². The molecule has 0 unspecified atom stereocenters. The van der Waals surface area contributed by atoms with Crippen LogP contribution in [0.25, 0.3) is 0 Å². The van der Waals surface area contributed by atoms with Crippen LogP contribution in [0.1, 0.15) is 16.1 Å². The van der Waals surface area contributed by atoms with E-state index >= 15 is 0 Å². The molecular formula is C19H23N3O5S. The molecule has 1 fully saturated rings. The Kier molecular flexibility index (Phi) is 5.73. The van der Waals surface area contributed by atoms with Crippen LogP contribution in [-0.4, -0.2) is 69.0 Å². The summed E-state index contributed by atoms with van der Waals surface area (Å²) in [5, 5.41) is 0. The van der Waals surface area contributed by atoms with Crippen molar-refractivity contribution in [1.82, 2.24) is 9.80 Å². The summed E-state index contributed by atoms with van der Waals surface area (Å²) in [6, 6.07) is 10.3. The second-order valence-electron chi connectivity index (χ2n) is 6.71. The van der Waals surface area contributed by atoms with E-state index in [1.807, 2.05) is 6.07 Å². The molecule has 9 heteroatoms. The number of carbonyl (C=O) groups excluding carboxylic acids is 2. The largest absolute Gasteiger partial charge is 0.459 e. The Bertz CT molecular complexity index is 948. The van der Waals surface area contributed by atoms with Gasteiger partial charge >= 0.3 is 0 Å². The number of para-hydroxylation sites is 1. The predicted octanol–water partition coefficient (Wildman–Crippen LogP) is 1.34. The Morgan fingerprint density at radius 3 is 2.25 bits per heavy atom. The van der Waals surface area contributed by atoms with E-state index in [-0.39, 0.29) is 24.1 Å². The summed E-state index contributed by atoms with van der Waals surface area (Å²) in [5.74, 6) is -0.240. The minimum absolute atomic E-state index is 0.213.